The van der Waals surface area contributed by atoms with Crippen LogP contribution in [0.1, 0.15) is 37.0 Å². The molecule has 0 aliphatic carbocycles. The molecular weight excluding hydrogens is 283 g/mol. The van der Waals surface area contributed by atoms with E-state index in [1.54, 1.807) is 31.0 Å². The van der Waals surface area contributed by atoms with Crippen LogP contribution in [-0.4, -0.2) is 38.7 Å². The fourth-order valence-electron chi connectivity index (χ4n) is 3.43. The second-order valence-electron chi connectivity index (χ2n) is 6.63. The molecule has 1 saturated heterocycles. The number of carbonyl (C=O) groups excluding carboxylic acids is 1. The number of aromatic nitrogens is 1. The molecule has 1 fully saturated rings. The van der Waals surface area contributed by atoms with Crippen LogP contribution >= 0.6 is 0 Å². The minimum absolute atomic E-state index is 0.138. The van der Waals surface area contributed by atoms with Gasteiger partial charge >= 0.3 is 0 Å². The van der Waals surface area contributed by atoms with Crippen molar-refractivity contribution in [3.63, 3.8) is 0 Å². The maximum absolute atomic E-state index is 13.6. The number of hydrogen-bond acceptors (Lipinski definition) is 2. The molecule has 0 unspecified atom stereocenters. The lowest BCUT2D eigenvalue weighted by atomic mass is 9.96. The Labute approximate surface area is 129 Å². The molecule has 22 heavy (non-hydrogen) atoms. The lowest BCUT2D eigenvalue weighted by Gasteiger charge is -2.33. The average molecular weight is 304 g/mol. The van der Waals surface area contributed by atoms with Gasteiger partial charge in [-0.25, -0.2) is 4.39 Å². The lowest BCUT2D eigenvalue weighted by Crippen LogP contribution is -2.48. The molecule has 0 radical (unpaired) electrons. The SMILES string of the molecule is Cn1cc(C(=O)N2CCC[C@H]2C(C)(C)O)c2cc(F)ccc21. The van der Waals surface area contributed by atoms with Crippen molar-refractivity contribution < 1.29 is 14.3 Å². The molecule has 0 saturated carbocycles. The third kappa shape index (κ3) is 2.39. The van der Waals surface area contributed by atoms with Crippen LogP contribution in [0, 0.1) is 5.82 Å². The van der Waals surface area contributed by atoms with Crippen LogP contribution < -0.4 is 0 Å². The highest BCUT2D eigenvalue weighted by molar-refractivity contribution is 6.07. The fraction of sp³-hybridized carbons (Fsp3) is 0.471. The largest absolute Gasteiger partial charge is 0.388 e. The van der Waals surface area contributed by atoms with E-state index in [0.717, 1.165) is 18.4 Å². The Hall–Kier alpha value is -1.88. The smallest absolute Gasteiger partial charge is 0.256 e. The van der Waals surface area contributed by atoms with Gasteiger partial charge in [0.15, 0.2) is 0 Å². The number of carbonyl (C=O) groups is 1. The van der Waals surface area contributed by atoms with E-state index < -0.39 is 5.60 Å². The number of fused-ring (bicyclic) bond motifs is 1. The first-order valence-corrected chi connectivity index (χ1v) is 7.57. The zero-order valence-corrected chi connectivity index (χ0v) is 13.1. The molecule has 3 rings (SSSR count). The molecule has 0 spiro atoms. The predicted octanol–water partition coefficient (Wildman–Crippen LogP) is 2.69. The Balaban J connectivity index is 2.04. The minimum atomic E-state index is -0.942. The summed E-state index contributed by atoms with van der Waals surface area (Å²) < 4.78 is 15.4. The second-order valence-corrected chi connectivity index (χ2v) is 6.63. The Morgan fingerprint density at radius 2 is 2.14 bits per heavy atom. The van der Waals surface area contributed by atoms with Crippen LogP contribution in [0.15, 0.2) is 24.4 Å². The van der Waals surface area contributed by atoms with Crippen molar-refractivity contribution in [2.75, 3.05) is 6.54 Å². The monoisotopic (exact) mass is 304 g/mol. The van der Waals surface area contributed by atoms with E-state index in [1.807, 2.05) is 11.6 Å². The second kappa shape index (κ2) is 5.09. The number of benzene rings is 1. The highest BCUT2D eigenvalue weighted by Gasteiger charge is 2.39. The van der Waals surface area contributed by atoms with Gasteiger partial charge in [0.05, 0.1) is 17.2 Å². The van der Waals surface area contributed by atoms with Gasteiger partial charge in [0.25, 0.3) is 5.91 Å². The first kappa shape index (κ1) is 15.0. The maximum atomic E-state index is 13.6. The number of halogens is 1. The van der Waals surface area contributed by atoms with Gasteiger partial charge in [-0.15, -0.1) is 0 Å². The molecule has 118 valence electrons. The van der Waals surface area contributed by atoms with Gasteiger partial charge < -0.3 is 14.6 Å². The summed E-state index contributed by atoms with van der Waals surface area (Å²) in [5.41, 5.74) is 0.374. The van der Waals surface area contributed by atoms with Crippen LogP contribution in [-0.2, 0) is 7.05 Å². The summed E-state index contributed by atoms with van der Waals surface area (Å²) in [5.74, 6) is -0.492. The summed E-state index contributed by atoms with van der Waals surface area (Å²) >= 11 is 0. The molecule has 1 amide bonds. The van der Waals surface area contributed by atoms with E-state index in [4.69, 9.17) is 0 Å². The lowest BCUT2D eigenvalue weighted by molar-refractivity contribution is 0.000402. The van der Waals surface area contributed by atoms with Crippen molar-refractivity contribution in [1.82, 2.24) is 9.47 Å². The van der Waals surface area contributed by atoms with Crippen LogP contribution in [0.25, 0.3) is 10.9 Å². The summed E-state index contributed by atoms with van der Waals surface area (Å²) in [6.45, 7) is 4.08. The van der Waals surface area contributed by atoms with Crippen molar-refractivity contribution in [3.05, 3.63) is 35.8 Å². The quantitative estimate of drug-likeness (QED) is 0.927. The summed E-state index contributed by atoms with van der Waals surface area (Å²) in [6.07, 6.45) is 3.40. The molecule has 1 aromatic heterocycles. The molecule has 1 aliphatic heterocycles. The zero-order chi connectivity index (χ0) is 16.1. The molecule has 0 bridgehead atoms. The van der Waals surface area contributed by atoms with Gasteiger partial charge in [-0.1, -0.05) is 0 Å². The molecule has 2 aromatic rings. The third-order valence-corrected chi connectivity index (χ3v) is 4.51. The van der Waals surface area contributed by atoms with Gasteiger partial charge in [-0.3, -0.25) is 4.79 Å². The van der Waals surface area contributed by atoms with Crippen molar-refractivity contribution in [3.8, 4) is 0 Å². The van der Waals surface area contributed by atoms with Crippen LogP contribution in [0.4, 0.5) is 4.39 Å². The van der Waals surface area contributed by atoms with Crippen molar-refractivity contribution in [2.45, 2.75) is 38.3 Å². The van der Waals surface area contributed by atoms with Crippen LogP contribution in [0.2, 0.25) is 0 Å². The molecule has 1 aliphatic rings. The Morgan fingerprint density at radius 1 is 1.41 bits per heavy atom. The number of hydrogen-bond donors (Lipinski definition) is 1. The van der Waals surface area contributed by atoms with E-state index in [0.29, 0.717) is 17.5 Å². The highest BCUT2D eigenvalue weighted by atomic mass is 19.1. The first-order chi connectivity index (χ1) is 10.3. The van der Waals surface area contributed by atoms with Crippen molar-refractivity contribution in [2.24, 2.45) is 7.05 Å². The molecule has 2 heterocycles. The van der Waals surface area contributed by atoms with Crippen LogP contribution in [0.5, 0.6) is 0 Å². The fourth-order valence-corrected chi connectivity index (χ4v) is 3.43. The minimum Gasteiger partial charge on any atom is -0.388 e. The summed E-state index contributed by atoms with van der Waals surface area (Å²) in [4.78, 5) is 14.6. The topological polar surface area (TPSA) is 45.5 Å². The molecule has 5 heteroatoms. The van der Waals surface area contributed by atoms with E-state index >= 15 is 0 Å². The number of likely N-dealkylation sites (tertiary alicyclic amines) is 1. The van der Waals surface area contributed by atoms with E-state index in [-0.39, 0.29) is 17.8 Å². The predicted molar refractivity (Wildman–Crippen MR) is 83.2 cm³/mol. The zero-order valence-electron chi connectivity index (χ0n) is 13.1. The molecule has 4 nitrogen and oxygen atoms in total. The Morgan fingerprint density at radius 3 is 2.82 bits per heavy atom. The van der Waals surface area contributed by atoms with Crippen molar-refractivity contribution in [1.29, 1.82) is 0 Å². The Bertz CT molecular complexity index is 730. The number of nitrogens with zero attached hydrogens (tertiary/aromatic N) is 2. The van der Waals surface area contributed by atoms with Crippen LogP contribution in [0.3, 0.4) is 0 Å². The average Bonchev–Trinajstić information content (AvgIpc) is 3.03. The number of rotatable bonds is 2. The molecule has 1 aromatic carbocycles. The third-order valence-electron chi connectivity index (χ3n) is 4.51. The summed E-state index contributed by atoms with van der Waals surface area (Å²) in [7, 11) is 1.84. The highest BCUT2D eigenvalue weighted by Crippen LogP contribution is 2.30. The van der Waals surface area contributed by atoms with E-state index in [9.17, 15) is 14.3 Å². The van der Waals surface area contributed by atoms with Gasteiger partial charge in [0.2, 0.25) is 0 Å². The number of amides is 1. The van der Waals surface area contributed by atoms with Crippen molar-refractivity contribution >= 4 is 16.8 Å². The first-order valence-electron chi connectivity index (χ1n) is 7.57. The number of aryl methyl sites for hydroxylation is 1. The standard InChI is InChI=1S/C17H21FN2O2/c1-17(2,22)15-5-4-8-20(15)16(21)13-10-19(3)14-7-6-11(18)9-12(13)14/h6-7,9-10,15,22H,4-5,8H2,1-3H3/t15-/m0/s1. The van der Waals surface area contributed by atoms with E-state index in [2.05, 4.69) is 0 Å². The molecular formula is C17H21FN2O2. The molecule has 1 N–H and O–H groups in total. The Kier molecular flexibility index (Phi) is 3.48. The van der Waals surface area contributed by atoms with E-state index in [1.165, 1.54) is 12.1 Å². The summed E-state index contributed by atoms with van der Waals surface area (Å²) in [6, 6.07) is 4.27. The summed E-state index contributed by atoms with van der Waals surface area (Å²) in [5, 5.41) is 10.9. The van der Waals surface area contributed by atoms with Gasteiger partial charge in [-0.05, 0) is 44.9 Å². The maximum Gasteiger partial charge on any atom is 0.256 e. The van der Waals surface area contributed by atoms with Gasteiger partial charge in [0.1, 0.15) is 5.82 Å². The molecule has 1 atom stereocenters. The van der Waals surface area contributed by atoms with Gasteiger partial charge in [0, 0.05) is 30.7 Å². The normalized spacial score (nSPS) is 19.1. The van der Waals surface area contributed by atoms with Gasteiger partial charge in [-0.2, -0.15) is 0 Å². The number of aliphatic hydroxyl groups is 1.